The molecule has 0 radical (unpaired) electrons. The quantitative estimate of drug-likeness (QED) is 0.803. The van der Waals surface area contributed by atoms with E-state index in [4.69, 9.17) is 14.6 Å². The number of carboxylic acid groups (broad SMARTS) is 1. The molecular weight excluding hydrogens is 312 g/mol. The van der Waals surface area contributed by atoms with Crippen LogP contribution in [-0.4, -0.2) is 72.7 Å². The molecule has 0 saturated carbocycles. The summed E-state index contributed by atoms with van der Waals surface area (Å²) in [5.74, 6) is 0.442. The Bertz CT molecular complexity index is 592. The Labute approximate surface area is 141 Å². The lowest BCUT2D eigenvalue weighted by molar-refractivity contribution is -0.140. The second-order valence-electron chi connectivity index (χ2n) is 6.02. The number of hydrogen-bond donors (Lipinski definition) is 1. The van der Waals surface area contributed by atoms with E-state index < -0.39 is 12.0 Å². The van der Waals surface area contributed by atoms with Crippen molar-refractivity contribution in [3.8, 4) is 11.5 Å². The van der Waals surface area contributed by atoms with E-state index >= 15 is 0 Å². The molecular formula is C17H24N2O5. The first-order valence-corrected chi connectivity index (χ1v) is 7.94. The van der Waals surface area contributed by atoms with Gasteiger partial charge in [0.25, 0.3) is 0 Å². The molecule has 0 aliphatic carbocycles. The van der Waals surface area contributed by atoms with E-state index in [9.17, 15) is 9.59 Å². The fourth-order valence-corrected chi connectivity index (χ4v) is 2.52. The lowest BCUT2D eigenvalue weighted by atomic mass is 10.2. The molecule has 1 aliphatic rings. The van der Waals surface area contributed by atoms with Crippen LogP contribution >= 0.6 is 0 Å². The average molecular weight is 336 g/mol. The third-order valence-electron chi connectivity index (χ3n) is 4.12. The van der Waals surface area contributed by atoms with Crippen molar-refractivity contribution >= 4 is 11.9 Å². The Balaban J connectivity index is 1.86. The maximum absolute atomic E-state index is 12.5. The molecule has 24 heavy (non-hydrogen) atoms. The van der Waals surface area contributed by atoms with Crippen LogP contribution in [0.25, 0.3) is 0 Å². The summed E-state index contributed by atoms with van der Waals surface area (Å²) in [6.45, 7) is 2.89. The number of nitrogens with zero attached hydrogens (tertiary/aromatic N) is 2. The molecule has 2 rings (SSSR count). The molecule has 2 atom stereocenters. The number of rotatable bonds is 7. The molecule has 2 unspecified atom stereocenters. The Morgan fingerprint density at radius 3 is 2.62 bits per heavy atom. The zero-order chi connectivity index (χ0) is 17.7. The number of fused-ring (bicyclic) bond motifs is 1. The molecule has 0 saturated heterocycles. The summed E-state index contributed by atoms with van der Waals surface area (Å²) in [5, 5.41) is 8.74. The Morgan fingerprint density at radius 2 is 1.96 bits per heavy atom. The van der Waals surface area contributed by atoms with Gasteiger partial charge in [0, 0.05) is 13.6 Å². The topological polar surface area (TPSA) is 79.3 Å². The number of para-hydroxylation sites is 2. The van der Waals surface area contributed by atoms with E-state index in [1.54, 1.807) is 30.8 Å². The van der Waals surface area contributed by atoms with Gasteiger partial charge in [-0.3, -0.25) is 14.5 Å². The van der Waals surface area contributed by atoms with Crippen LogP contribution in [0.4, 0.5) is 0 Å². The van der Waals surface area contributed by atoms with E-state index in [2.05, 4.69) is 0 Å². The summed E-state index contributed by atoms with van der Waals surface area (Å²) in [6, 6.07) is 7.04. The van der Waals surface area contributed by atoms with Gasteiger partial charge in [0.05, 0.1) is 19.0 Å². The minimum Gasteiger partial charge on any atom is -0.486 e. The SMILES string of the molecule is CC(C(=O)N(C)CC1COc2ccccc2O1)N(C)CCC(=O)O. The van der Waals surface area contributed by atoms with Crippen LogP contribution in [-0.2, 0) is 9.59 Å². The Morgan fingerprint density at radius 1 is 1.29 bits per heavy atom. The molecule has 0 aromatic heterocycles. The maximum atomic E-state index is 12.5. The second-order valence-corrected chi connectivity index (χ2v) is 6.02. The number of likely N-dealkylation sites (N-methyl/N-ethyl adjacent to an activating group) is 2. The molecule has 0 bridgehead atoms. The third-order valence-corrected chi connectivity index (χ3v) is 4.12. The van der Waals surface area contributed by atoms with E-state index in [1.165, 1.54) is 0 Å². The van der Waals surface area contributed by atoms with Crippen LogP contribution in [0.1, 0.15) is 13.3 Å². The summed E-state index contributed by atoms with van der Waals surface area (Å²) in [4.78, 5) is 26.5. The van der Waals surface area contributed by atoms with Crippen molar-refractivity contribution in [1.29, 1.82) is 0 Å². The van der Waals surface area contributed by atoms with Gasteiger partial charge in [0.15, 0.2) is 17.6 Å². The smallest absolute Gasteiger partial charge is 0.304 e. The van der Waals surface area contributed by atoms with Crippen molar-refractivity contribution in [2.75, 3.05) is 33.8 Å². The highest BCUT2D eigenvalue weighted by Crippen LogP contribution is 2.30. The van der Waals surface area contributed by atoms with Crippen molar-refractivity contribution in [2.45, 2.75) is 25.5 Å². The first kappa shape index (κ1) is 18.1. The fraction of sp³-hybridized carbons (Fsp3) is 0.529. The van der Waals surface area contributed by atoms with Gasteiger partial charge in [-0.2, -0.15) is 0 Å². The number of carbonyl (C=O) groups is 2. The lowest BCUT2D eigenvalue weighted by Crippen LogP contribution is -2.48. The van der Waals surface area contributed by atoms with Crippen LogP contribution in [0.5, 0.6) is 11.5 Å². The summed E-state index contributed by atoms with van der Waals surface area (Å²) < 4.78 is 11.5. The van der Waals surface area contributed by atoms with Crippen molar-refractivity contribution < 1.29 is 24.2 Å². The van der Waals surface area contributed by atoms with Gasteiger partial charge in [-0.25, -0.2) is 0 Å². The lowest BCUT2D eigenvalue weighted by Gasteiger charge is -2.32. The molecule has 132 valence electrons. The molecule has 0 fully saturated rings. The largest absolute Gasteiger partial charge is 0.486 e. The van der Waals surface area contributed by atoms with Gasteiger partial charge in [-0.15, -0.1) is 0 Å². The predicted molar refractivity (Wildman–Crippen MR) is 88.3 cm³/mol. The van der Waals surface area contributed by atoms with Crippen LogP contribution in [0.3, 0.4) is 0 Å². The number of hydrogen-bond acceptors (Lipinski definition) is 5. The van der Waals surface area contributed by atoms with Gasteiger partial charge in [-0.1, -0.05) is 12.1 Å². The molecule has 1 amide bonds. The predicted octanol–water partition coefficient (Wildman–Crippen LogP) is 1.08. The molecule has 1 aromatic carbocycles. The van der Waals surface area contributed by atoms with Gasteiger partial charge in [-0.05, 0) is 26.1 Å². The van der Waals surface area contributed by atoms with Gasteiger partial charge in [0.1, 0.15) is 6.61 Å². The minimum atomic E-state index is -0.874. The molecule has 1 aromatic rings. The number of carboxylic acids is 1. The number of ether oxygens (including phenoxy) is 2. The van der Waals surface area contributed by atoms with E-state index in [1.807, 2.05) is 24.3 Å². The van der Waals surface area contributed by atoms with Gasteiger partial charge in [0.2, 0.25) is 5.91 Å². The van der Waals surface area contributed by atoms with Crippen LogP contribution < -0.4 is 9.47 Å². The minimum absolute atomic E-state index is 0.00813. The zero-order valence-corrected chi connectivity index (χ0v) is 14.3. The molecule has 1 heterocycles. The van der Waals surface area contributed by atoms with Gasteiger partial charge < -0.3 is 19.5 Å². The molecule has 1 N–H and O–H groups in total. The summed E-state index contributed by atoms with van der Waals surface area (Å²) in [5.41, 5.74) is 0. The Kier molecular flexibility index (Phi) is 6.03. The van der Waals surface area contributed by atoms with Crippen LogP contribution in [0.15, 0.2) is 24.3 Å². The standard InChI is InChI=1S/C17H24N2O5/c1-12(18(2)9-8-16(20)21)17(22)19(3)10-13-11-23-14-6-4-5-7-15(14)24-13/h4-7,12-13H,8-11H2,1-3H3,(H,20,21). The third kappa shape index (κ3) is 4.61. The van der Waals surface area contributed by atoms with Crippen molar-refractivity contribution in [2.24, 2.45) is 0 Å². The van der Waals surface area contributed by atoms with Crippen LogP contribution in [0, 0.1) is 0 Å². The highest BCUT2D eigenvalue weighted by Gasteiger charge is 2.27. The fourth-order valence-electron chi connectivity index (χ4n) is 2.52. The van der Waals surface area contributed by atoms with Crippen molar-refractivity contribution in [3.63, 3.8) is 0 Å². The summed E-state index contributed by atoms with van der Waals surface area (Å²) in [7, 11) is 3.46. The van der Waals surface area contributed by atoms with Crippen molar-refractivity contribution in [1.82, 2.24) is 9.80 Å². The van der Waals surface area contributed by atoms with E-state index in [0.29, 0.717) is 31.2 Å². The van der Waals surface area contributed by atoms with Gasteiger partial charge >= 0.3 is 5.97 Å². The van der Waals surface area contributed by atoms with E-state index in [0.717, 1.165) is 0 Å². The highest BCUT2D eigenvalue weighted by molar-refractivity contribution is 5.81. The normalized spacial score (nSPS) is 17.4. The first-order chi connectivity index (χ1) is 11.4. The molecule has 7 nitrogen and oxygen atoms in total. The van der Waals surface area contributed by atoms with E-state index in [-0.39, 0.29) is 18.4 Å². The summed E-state index contributed by atoms with van der Waals surface area (Å²) in [6.07, 6.45) is -0.223. The second kappa shape index (κ2) is 8.01. The average Bonchev–Trinajstić information content (AvgIpc) is 2.58. The number of benzene rings is 1. The highest BCUT2D eigenvalue weighted by atomic mass is 16.6. The number of aliphatic carboxylic acids is 1. The monoisotopic (exact) mass is 336 g/mol. The Hall–Kier alpha value is -2.28. The first-order valence-electron chi connectivity index (χ1n) is 7.94. The molecule has 1 aliphatic heterocycles. The molecule has 0 spiro atoms. The number of carbonyl (C=O) groups excluding carboxylic acids is 1. The maximum Gasteiger partial charge on any atom is 0.304 e. The molecule has 7 heteroatoms. The zero-order valence-electron chi connectivity index (χ0n) is 14.3. The number of amides is 1. The van der Waals surface area contributed by atoms with Crippen LogP contribution in [0.2, 0.25) is 0 Å². The summed E-state index contributed by atoms with van der Waals surface area (Å²) >= 11 is 0. The van der Waals surface area contributed by atoms with Crippen molar-refractivity contribution in [3.05, 3.63) is 24.3 Å².